The van der Waals surface area contributed by atoms with Crippen molar-refractivity contribution in [3.8, 4) is 33.6 Å². The molecule has 0 radical (unpaired) electrons. The number of rotatable bonds is 4. The van der Waals surface area contributed by atoms with E-state index in [2.05, 4.69) is 48.5 Å². The van der Waals surface area contributed by atoms with E-state index in [-0.39, 0.29) is 28.6 Å². The van der Waals surface area contributed by atoms with Gasteiger partial charge in [0, 0.05) is 22.6 Å². The fraction of sp³-hybridized carbons (Fsp3) is 0. The van der Waals surface area contributed by atoms with Gasteiger partial charge < -0.3 is 29.9 Å². The van der Waals surface area contributed by atoms with Crippen LogP contribution in [0.15, 0.2) is 158 Å². The molecule has 13 heteroatoms. The maximum atomic E-state index is 5.03. The average molecular weight is 779 g/mol. The summed E-state index contributed by atoms with van der Waals surface area (Å²) in [5, 5.41) is 12.8. The van der Waals surface area contributed by atoms with Crippen LogP contribution in [0.25, 0.3) is 101 Å². The van der Waals surface area contributed by atoms with Crippen LogP contribution in [0.5, 0.6) is 0 Å². The number of fused-ring (bicyclic) bond motifs is 14. The van der Waals surface area contributed by atoms with Gasteiger partial charge in [0.2, 0.25) is 0 Å². The minimum atomic E-state index is 0. The molecule has 0 aliphatic rings. The number of aromatic nitrogens is 12. The molecule has 0 spiro atoms. The van der Waals surface area contributed by atoms with E-state index in [1.807, 2.05) is 109 Å². The van der Waals surface area contributed by atoms with Crippen LogP contribution in [0.4, 0.5) is 0 Å². The number of hydrogen-bond donors (Lipinski definition) is 0. The molecule has 0 atom stereocenters. The van der Waals surface area contributed by atoms with E-state index in [4.69, 9.17) is 50.1 Å². The fourth-order valence-corrected chi connectivity index (χ4v) is 6.94. The normalized spacial score (nSPS) is 11.4. The van der Waals surface area contributed by atoms with Crippen molar-refractivity contribution in [1.29, 1.82) is 0 Å². The minimum absolute atomic E-state index is 0. The van der Waals surface area contributed by atoms with Crippen LogP contribution in [-0.2, 0) is 17.1 Å². The van der Waals surface area contributed by atoms with E-state index in [0.29, 0.717) is 34.1 Å². The van der Waals surface area contributed by atoms with Gasteiger partial charge in [-0.2, -0.15) is 0 Å². The number of benzene rings is 6. The molecule has 0 saturated heterocycles. The van der Waals surface area contributed by atoms with Gasteiger partial charge >= 0.3 is 17.1 Å². The molecule has 0 saturated carbocycles. The molecule has 0 N–H and O–H groups in total. The molecule has 5 heterocycles. The van der Waals surface area contributed by atoms with E-state index >= 15 is 0 Å². The third kappa shape index (κ3) is 6.13. The minimum Gasteiger partial charge on any atom is -0.357 e. The Labute approximate surface area is 333 Å². The number of para-hydroxylation sites is 2. The Hall–Kier alpha value is -7.60. The van der Waals surface area contributed by atoms with Crippen molar-refractivity contribution >= 4 is 67.2 Å². The van der Waals surface area contributed by atoms with Crippen molar-refractivity contribution in [3.05, 3.63) is 158 Å². The second kappa shape index (κ2) is 13.9. The van der Waals surface area contributed by atoms with Crippen molar-refractivity contribution in [2.75, 3.05) is 0 Å². The summed E-state index contributed by atoms with van der Waals surface area (Å²) < 4.78 is 3.32. The van der Waals surface area contributed by atoms with Crippen LogP contribution in [0.2, 0.25) is 0 Å². The summed E-state index contributed by atoms with van der Waals surface area (Å²) in [5.41, 5.74) is 7.30. The van der Waals surface area contributed by atoms with Gasteiger partial charge in [0.15, 0.2) is 23.1 Å². The smallest absolute Gasteiger partial charge is 0.357 e. The fourth-order valence-electron chi connectivity index (χ4n) is 6.94. The molecule has 0 amide bonds. The topological polar surface area (TPSA) is 141 Å². The van der Waals surface area contributed by atoms with E-state index in [1.54, 1.807) is 9.36 Å². The zero-order chi connectivity index (χ0) is 37.0. The molecule has 11 rings (SSSR count). The predicted octanol–water partition coefficient (Wildman–Crippen LogP) is 8.28. The maximum absolute atomic E-state index is 5.03. The van der Waals surface area contributed by atoms with Crippen LogP contribution in [0, 0.1) is 0 Å². The van der Waals surface area contributed by atoms with Gasteiger partial charge in [0.25, 0.3) is 0 Å². The first-order chi connectivity index (χ1) is 27.7. The molecule has 57 heavy (non-hydrogen) atoms. The van der Waals surface area contributed by atoms with Gasteiger partial charge in [0.05, 0.1) is 11.4 Å². The van der Waals surface area contributed by atoms with Gasteiger partial charge in [0.1, 0.15) is 0 Å². The largest absolute Gasteiger partial charge is 2.00 e. The van der Waals surface area contributed by atoms with Crippen molar-refractivity contribution < 1.29 is 17.1 Å². The van der Waals surface area contributed by atoms with Gasteiger partial charge in [-0.25, -0.2) is 19.3 Å². The van der Waals surface area contributed by atoms with Gasteiger partial charge in [-0.05, 0) is 80.2 Å². The molecule has 8 bridgehead atoms. The molecule has 0 unspecified atom stereocenters. The summed E-state index contributed by atoms with van der Waals surface area (Å²) in [6, 6.07) is 52.0. The van der Waals surface area contributed by atoms with Crippen molar-refractivity contribution in [2.24, 2.45) is 0 Å². The molecule has 12 nitrogen and oxygen atoms in total. The number of hydrogen-bond acceptors (Lipinski definition) is 8. The van der Waals surface area contributed by atoms with Crippen LogP contribution in [0.3, 0.4) is 0 Å². The van der Waals surface area contributed by atoms with E-state index in [1.165, 1.54) is 0 Å². The number of nitrogens with zero attached hydrogens (tertiary/aromatic N) is 12. The zero-order valence-corrected chi connectivity index (χ0v) is 30.8. The molecule has 0 aliphatic heterocycles. The Balaban J connectivity index is 0.00000396. The molecule has 0 aliphatic carbocycles. The third-order valence-electron chi connectivity index (χ3n) is 9.62. The quantitative estimate of drug-likeness (QED) is 0.160. The third-order valence-corrected chi connectivity index (χ3v) is 9.62. The molecule has 270 valence electrons. The first-order valence-electron chi connectivity index (χ1n) is 17.9. The summed E-state index contributed by atoms with van der Waals surface area (Å²) in [6.07, 6.45) is 0. The van der Waals surface area contributed by atoms with Crippen molar-refractivity contribution in [1.82, 2.24) is 59.4 Å². The molecule has 0 fully saturated rings. The first kappa shape index (κ1) is 33.9. The Morgan fingerprint density at radius 2 is 0.702 bits per heavy atom. The summed E-state index contributed by atoms with van der Waals surface area (Å²) >= 11 is 0. The monoisotopic (exact) mass is 778 g/mol. The SMILES string of the molecule is [Fe+2].c1ccc(-c2ccc3c4nc5nc(nc6[n-]c(nc7nc(nc([n-]4)c3c2)nn7-c2ccccc2)c2ccc(-c3ccccc3)cc62)nn5-c2ccccc2)cc1. The first-order valence-corrected chi connectivity index (χ1v) is 17.9. The van der Waals surface area contributed by atoms with Gasteiger partial charge in [-0.3, -0.25) is 0 Å². The van der Waals surface area contributed by atoms with Crippen molar-refractivity contribution in [3.63, 3.8) is 0 Å². The standard InChI is InChI=1S/C44H26N12.Fe/c1-5-13-27(14-6-1)29-21-23-33-35(25-29)39-45-37(33)49-43-52-42(54-55(43)31-17-9-3-10-18-31)48-40-36-26-30(28-15-7-2-8-16-28)22-24-34(36)38(46-40)50-44-51-41(47-39)53-56(44)32-19-11-4-12-20-32;/h1-26H;/q-2;+2. The Morgan fingerprint density at radius 3 is 1.11 bits per heavy atom. The van der Waals surface area contributed by atoms with E-state index in [9.17, 15) is 0 Å². The van der Waals surface area contributed by atoms with Crippen molar-refractivity contribution in [2.45, 2.75) is 0 Å². The molecular weight excluding hydrogens is 752 g/mol. The molecule has 6 aromatic carbocycles. The van der Waals surface area contributed by atoms with Gasteiger partial charge in [-0.15, -0.1) is 10.2 Å². The van der Waals surface area contributed by atoms with Crippen LogP contribution < -0.4 is 9.97 Å². The summed E-state index contributed by atoms with van der Waals surface area (Å²) in [5.74, 6) is 0.939. The summed E-state index contributed by atoms with van der Waals surface area (Å²) in [7, 11) is 0. The predicted molar refractivity (Wildman–Crippen MR) is 216 cm³/mol. The molecule has 11 aromatic rings. The second-order valence-corrected chi connectivity index (χ2v) is 13.1. The summed E-state index contributed by atoms with van der Waals surface area (Å²) in [6.45, 7) is 0. The van der Waals surface area contributed by atoms with Crippen LogP contribution >= 0.6 is 0 Å². The van der Waals surface area contributed by atoms with E-state index in [0.717, 1.165) is 55.2 Å². The Kier molecular flexibility index (Phi) is 8.28. The zero-order valence-electron chi connectivity index (χ0n) is 29.7. The van der Waals surface area contributed by atoms with Crippen LogP contribution in [-0.4, -0.2) is 49.5 Å². The Morgan fingerprint density at radius 1 is 0.333 bits per heavy atom. The maximum Gasteiger partial charge on any atom is 2.00 e. The Bertz CT molecular complexity index is 3130. The molecular formula is C44H26FeN12. The second-order valence-electron chi connectivity index (χ2n) is 13.1. The van der Waals surface area contributed by atoms with Crippen LogP contribution in [0.1, 0.15) is 0 Å². The van der Waals surface area contributed by atoms with E-state index < -0.39 is 0 Å². The summed E-state index contributed by atoms with van der Waals surface area (Å²) in [4.78, 5) is 39.6. The average Bonchev–Trinajstić information content (AvgIpc) is 4.03. The molecule has 5 aromatic heterocycles. The van der Waals surface area contributed by atoms with Gasteiger partial charge in [-0.1, -0.05) is 121 Å².